The van der Waals surface area contributed by atoms with Crippen molar-refractivity contribution in [2.45, 2.75) is 38.3 Å². The summed E-state index contributed by atoms with van der Waals surface area (Å²) in [5.74, 6) is 0.0263. The van der Waals surface area contributed by atoms with Gasteiger partial charge in [-0.3, -0.25) is 14.2 Å². The number of amides is 1. The summed E-state index contributed by atoms with van der Waals surface area (Å²) in [4.78, 5) is 13.1. The van der Waals surface area contributed by atoms with Crippen molar-refractivity contribution in [2.75, 3.05) is 13.1 Å². The van der Waals surface area contributed by atoms with Crippen LogP contribution in [0.4, 0.5) is 0 Å². The molecule has 0 radical (unpaired) electrons. The predicted octanol–water partition coefficient (Wildman–Crippen LogP) is 0.881. The molecule has 2 aromatic rings. The maximum Gasteiger partial charge on any atom is 0.248 e. The predicted molar refractivity (Wildman–Crippen MR) is 86.8 cm³/mol. The molecule has 0 aromatic carbocycles. The summed E-state index contributed by atoms with van der Waals surface area (Å²) in [6.45, 7) is 5.59. The van der Waals surface area contributed by atoms with Crippen LogP contribution in [0.1, 0.15) is 37.1 Å². The van der Waals surface area contributed by atoms with Gasteiger partial charge in [-0.15, -0.1) is 0 Å². The minimum atomic E-state index is -0.612. The van der Waals surface area contributed by atoms with Gasteiger partial charge in [0.2, 0.25) is 5.91 Å². The number of carbonyl (C=O) groups is 1. The summed E-state index contributed by atoms with van der Waals surface area (Å²) in [6.07, 6.45) is 7.04. The van der Waals surface area contributed by atoms with E-state index >= 15 is 0 Å². The van der Waals surface area contributed by atoms with E-state index in [9.17, 15) is 4.79 Å². The molecule has 0 spiro atoms. The molecule has 3 heterocycles. The van der Waals surface area contributed by atoms with Crippen LogP contribution in [0, 0.1) is 6.92 Å². The molecular weight excluding hydrogens is 292 g/mol. The molecule has 1 aliphatic heterocycles. The lowest BCUT2D eigenvalue weighted by Gasteiger charge is -2.37. The van der Waals surface area contributed by atoms with E-state index in [1.165, 1.54) is 0 Å². The van der Waals surface area contributed by atoms with E-state index in [1.807, 2.05) is 44.0 Å². The first-order valence-corrected chi connectivity index (χ1v) is 8.05. The molecule has 1 fully saturated rings. The molecule has 23 heavy (non-hydrogen) atoms. The fraction of sp³-hybridized carbons (Fsp3) is 0.562. The molecule has 1 aliphatic rings. The number of aryl methyl sites for hydroxylation is 2. The monoisotopic (exact) mass is 316 g/mol. The van der Waals surface area contributed by atoms with Crippen molar-refractivity contribution in [2.24, 2.45) is 7.05 Å². The van der Waals surface area contributed by atoms with Crippen molar-refractivity contribution in [1.29, 1.82) is 0 Å². The maximum atomic E-state index is 13.1. The molecule has 124 valence electrons. The molecule has 0 saturated carbocycles. The van der Waals surface area contributed by atoms with Crippen LogP contribution in [0.2, 0.25) is 0 Å². The second kappa shape index (κ2) is 6.16. The molecule has 0 aliphatic carbocycles. The van der Waals surface area contributed by atoms with Gasteiger partial charge in [-0.25, -0.2) is 0 Å². The zero-order chi connectivity index (χ0) is 16.4. The molecule has 1 saturated heterocycles. The largest absolute Gasteiger partial charge is 0.347 e. The van der Waals surface area contributed by atoms with Gasteiger partial charge >= 0.3 is 0 Å². The van der Waals surface area contributed by atoms with Crippen molar-refractivity contribution < 1.29 is 4.79 Å². The van der Waals surface area contributed by atoms with Gasteiger partial charge in [0.25, 0.3) is 0 Å². The van der Waals surface area contributed by atoms with Crippen molar-refractivity contribution in [3.63, 3.8) is 0 Å². The van der Waals surface area contributed by atoms with Crippen molar-refractivity contribution in [3.8, 4) is 0 Å². The molecular formula is C16H24N6O. The smallest absolute Gasteiger partial charge is 0.248 e. The van der Waals surface area contributed by atoms with Crippen LogP contribution in [0.15, 0.2) is 24.7 Å². The van der Waals surface area contributed by atoms with Gasteiger partial charge in [0.1, 0.15) is 5.54 Å². The summed E-state index contributed by atoms with van der Waals surface area (Å²) >= 11 is 0. The number of aromatic nitrogens is 4. The Morgan fingerprint density at radius 1 is 1.43 bits per heavy atom. The highest BCUT2D eigenvalue weighted by Crippen LogP contribution is 2.28. The zero-order valence-electron chi connectivity index (χ0n) is 13.9. The van der Waals surface area contributed by atoms with Crippen LogP contribution in [-0.2, 0) is 17.4 Å². The van der Waals surface area contributed by atoms with E-state index in [2.05, 4.69) is 20.8 Å². The molecule has 2 N–H and O–H groups in total. The molecule has 3 rings (SSSR count). The topological polar surface area (TPSA) is 76.8 Å². The van der Waals surface area contributed by atoms with Gasteiger partial charge < -0.3 is 10.6 Å². The summed E-state index contributed by atoms with van der Waals surface area (Å²) in [5.41, 5.74) is 1.38. The summed E-state index contributed by atoms with van der Waals surface area (Å²) in [5, 5.41) is 15.2. The number of rotatable bonds is 4. The van der Waals surface area contributed by atoms with E-state index in [-0.39, 0.29) is 11.9 Å². The first-order valence-electron chi connectivity index (χ1n) is 8.05. The number of hydrogen-bond acceptors (Lipinski definition) is 4. The molecule has 2 aromatic heterocycles. The minimum Gasteiger partial charge on any atom is -0.347 e. The van der Waals surface area contributed by atoms with E-state index in [4.69, 9.17) is 0 Å². The van der Waals surface area contributed by atoms with E-state index in [1.54, 1.807) is 10.9 Å². The Morgan fingerprint density at radius 3 is 2.74 bits per heavy atom. The van der Waals surface area contributed by atoms with Gasteiger partial charge in [-0.2, -0.15) is 10.2 Å². The number of carbonyl (C=O) groups excluding carboxylic acids is 1. The number of piperidine rings is 1. The van der Waals surface area contributed by atoms with Gasteiger partial charge in [-0.1, -0.05) is 0 Å². The Labute approximate surface area is 136 Å². The molecule has 1 unspecified atom stereocenters. The average molecular weight is 316 g/mol. The lowest BCUT2D eigenvalue weighted by atomic mass is 9.87. The summed E-state index contributed by atoms with van der Waals surface area (Å²) in [6, 6.07) is 1.78. The third-order valence-corrected chi connectivity index (χ3v) is 4.66. The average Bonchev–Trinajstić information content (AvgIpc) is 3.17. The zero-order valence-corrected chi connectivity index (χ0v) is 13.9. The first-order chi connectivity index (χ1) is 11.0. The standard InChI is InChI=1S/C16H24N6O/c1-12(14-11-21(3)20-13(14)2)19-15(23)16(5-8-17-9-6-16)22-10-4-7-18-22/h4,7,10-12,17H,5-6,8-9H2,1-3H3,(H,19,23). The highest BCUT2D eigenvalue weighted by atomic mass is 16.2. The molecule has 7 heteroatoms. The van der Waals surface area contributed by atoms with Crippen LogP contribution in [-0.4, -0.2) is 38.6 Å². The van der Waals surface area contributed by atoms with Crippen LogP contribution < -0.4 is 10.6 Å². The summed E-state index contributed by atoms with van der Waals surface area (Å²) in [7, 11) is 1.89. The lowest BCUT2D eigenvalue weighted by molar-refractivity contribution is -0.132. The fourth-order valence-corrected chi connectivity index (χ4v) is 3.37. The van der Waals surface area contributed by atoms with Gasteiger partial charge in [0, 0.05) is 31.2 Å². The van der Waals surface area contributed by atoms with Crippen molar-refractivity contribution >= 4 is 5.91 Å². The van der Waals surface area contributed by atoms with E-state index < -0.39 is 5.54 Å². The Balaban J connectivity index is 1.83. The van der Waals surface area contributed by atoms with E-state index in [0.29, 0.717) is 0 Å². The Kier molecular flexibility index (Phi) is 4.21. The second-order valence-corrected chi connectivity index (χ2v) is 6.27. The quantitative estimate of drug-likeness (QED) is 0.878. The van der Waals surface area contributed by atoms with E-state index in [0.717, 1.165) is 37.2 Å². The normalized spacial score (nSPS) is 18.6. The van der Waals surface area contributed by atoms with Gasteiger partial charge in [0.05, 0.1) is 11.7 Å². The van der Waals surface area contributed by atoms with Gasteiger partial charge in [0.15, 0.2) is 0 Å². The van der Waals surface area contributed by atoms with Crippen LogP contribution in [0.5, 0.6) is 0 Å². The van der Waals surface area contributed by atoms with Crippen LogP contribution in [0.25, 0.3) is 0 Å². The molecule has 0 bridgehead atoms. The SMILES string of the molecule is Cc1nn(C)cc1C(C)NC(=O)C1(n2cccn2)CCNCC1. The number of hydrogen-bond donors (Lipinski definition) is 2. The third-order valence-electron chi connectivity index (χ3n) is 4.66. The van der Waals surface area contributed by atoms with Crippen LogP contribution >= 0.6 is 0 Å². The second-order valence-electron chi connectivity index (χ2n) is 6.27. The Bertz CT molecular complexity index is 669. The van der Waals surface area contributed by atoms with Crippen molar-refractivity contribution in [1.82, 2.24) is 30.2 Å². The number of nitrogens with one attached hydrogen (secondary N) is 2. The first kappa shape index (κ1) is 15.7. The Hall–Kier alpha value is -2.15. The Morgan fingerprint density at radius 2 is 2.17 bits per heavy atom. The highest BCUT2D eigenvalue weighted by Gasteiger charge is 2.42. The molecule has 1 atom stereocenters. The van der Waals surface area contributed by atoms with Crippen molar-refractivity contribution in [3.05, 3.63) is 35.9 Å². The molecule has 7 nitrogen and oxygen atoms in total. The third kappa shape index (κ3) is 2.88. The molecule has 1 amide bonds. The maximum absolute atomic E-state index is 13.1. The fourth-order valence-electron chi connectivity index (χ4n) is 3.37. The highest BCUT2D eigenvalue weighted by molar-refractivity contribution is 5.85. The lowest BCUT2D eigenvalue weighted by Crippen LogP contribution is -2.55. The van der Waals surface area contributed by atoms with Crippen LogP contribution in [0.3, 0.4) is 0 Å². The minimum absolute atomic E-state index is 0.0263. The summed E-state index contributed by atoms with van der Waals surface area (Å²) < 4.78 is 3.59. The van der Waals surface area contributed by atoms with Gasteiger partial charge in [-0.05, 0) is 45.8 Å². The number of nitrogens with zero attached hydrogens (tertiary/aromatic N) is 4.